The average molecular weight is 403 g/mol. The molecule has 0 heterocycles. The number of hydrogen-bond donors (Lipinski definition) is 1. The molecule has 1 N–H and O–H groups in total. The molecule has 150 valence electrons. The molecule has 0 saturated carbocycles. The van der Waals surface area contributed by atoms with Gasteiger partial charge in [0.1, 0.15) is 8.07 Å². The predicted octanol–water partition coefficient (Wildman–Crippen LogP) is 4.40. The molecule has 0 fully saturated rings. The number of allylic oxidation sites excluding steroid dienone is 1. The Morgan fingerprint density at radius 2 is 1.34 bits per heavy atom. The number of benzene rings is 3. The van der Waals surface area contributed by atoms with Gasteiger partial charge in [-0.25, -0.2) is 0 Å². The van der Waals surface area contributed by atoms with Crippen molar-refractivity contribution in [1.29, 1.82) is 0 Å². The predicted molar refractivity (Wildman–Crippen MR) is 124 cm³/mol. The summed E-state index contributed by atoms with van der Waals surface area (Å²) in [5.74, 6) is 0. The number of aliphatic hydroxyl groups excluding tert-OH is 1. The maximum absolute atomic E-state index is 10.7. The molecule has 0 bridgehead atoms. The fourth-order valence-corrected chi connectivity index (χ4v) is 8.15. The molecule has 0 aliphatic carbocycles. The average Bonchev–Trinajstić information content (AvgIpc) is 2.79. The molecule has 0 amide bonds. The Labute approximate surface area is 175 Å². The quantitative estimate of drug-likeness (QED) is 0.402. The number of ether oxygens (including phenoxy) is 1. The second-order valence-electron chi connectivity index (χ2n) is 7.67. The monoisotopic (exact) mass is 402 g/mol. The molecule has 2 atom stereocenters. The van der Waals surface area contributed by atoms with Gasteiger partial charge in [-0.1, -0.05) is 114 Å². The summed E-state index contributed by atoms with van der Waals surface area (Å²) < 4.78 is 5.78. The van der Waals surface area contributed by atoms with E-state index in [9.17, 15) is 5.11 Å². The molecule has 3 aromatic carbocycles. The van der Waals surface area contributed by atoms with E-state index in [0.29, 0.717) is 19.6 Å². The van der Waals surface area contributed by atoms with Crippen LogP contribution in [0, 0.1) is 0 Å². The standard InChI is InChI=1S/C26H30O2Si/c1-3-24(19-23(27)21-28-20-22-13-7-4-8-14-22)29(2,25-15-9-5-10-16-25)26-17-11-6-12-18-26/h3-18,23-24,27H,1,19-21H2,2H3. The number of aliphatic hydroxyl groups is 1. The minimum atomic E-state index is -2.13. The van der Waals surface area contributed by atoms with Crippen molar-refractivity contribution >= 4 is 18.4 Å². The Morgan fingerprint density at radius 3 is 1.83 bits per heavy atom. The van der Waals surface area contributed by atoms with Crippen LogP contribution in [-0.2, 0) is 11.3 Å². The molecule has 0 spiro atoms. The first-order chi connectivity index (χ1) is 14.1. The lowest BCUT2D eigenvalue weighted by molar-refractivity contribution is 0.0249. The van der Waals surface area contributed by atoms with E-state index in [4.69, 9.17) is 4.74 Å². The van der Waals surface area contributed by atoms with Gasteiger partial charge in [-0.2, -0.15) is 0 Å². The van der Waals surface area contributed by atoms with E-state index in [0.717, 1.165) is 5.56 Å². The van der Waals surface area contributed by atoms with Gasteiger partial charge >= 0.3 is 0 Å². The zero-order chi connectivity index (χ0) is 20.5. The number of rotatable bonds is 10. The highest BCUT2D eigenvalue weighted by atomic mass is 28.3. The molecule has 2 unspecified atom stereocenters. The lowest BCUT2D eigenvalue weighted by atomic mass is 10.2. The largest absolute Gasteiger partial charge is 0.391 e. The second-order valence-corrected chi connectivity index (χ2v) is 12.0. The van der Waals surface area contributed by atoms with Crippen LogP contribution >= 0.6 is 0 Å². The van der Waals surface area contributed by atoms with Crippen molar-refractivity contribution in [1.82, 2.24) is 0 Å². The summed E-state index contributed by atoms with van der Waals surface area (Å²) in [5.41, 5.74) is 1.32. The summed E-state index contributed by atoms with van der Waals surface area (Å²) in [6.45, 7) is 7.36. The lowest BCUT2D eigenvalue weighted by Gasteiger charge is -2.36. The zero-order valence-corrected chi connectivity index (χ0v) is 18.1. The summed E-state index contributed by atoms with van der Waals surface area (Å²) >= 11 is 0. The third-order valence-corrected chi connectivity index (χ3v) is 10.7. The van der Waals surface area contributed by atoms with Crippen LogP contribution < -0.4 is 10.4 Å². The molecule has 0 aliphatic rings. The van der Waals surface area contributed by atoms with Crippen LogP contribution in [0.3, 0.4) is 0 Å². The van der Waals surface area contributed by atoms with Gasteiger partial charge in [0.2, 0.25) is 0 Å². The van der Waals surface area contributed by atoms with Crippen LogP contribution in [0.4, 0.5) is 0 Å². The SMILES string of the molecule is C=CC(CC(O)COCc1ccccc1)[Si](C)(c1ccccc1)c1ccccc1. The van der Waals surface area contributed by atoms with E-state index >= 15 is 0 Å². The molecule has 29 heavy (non-hydrogen) atoms. The highest BCUT2D eigenvalue weighted by molar-refractivity contribution is 7.02. The van der Waals surface area contributed by atoms with Gasteiger partial charge in [0, 0.05) is 0 Å². The Hall–Kier alpha value is -2.46. The summed E-state index contributed by atoms with van der Waals surface area (Å²) in [6.07, 6.45) is 2.15. The molecule has 2 nitrogen and oxygen atoms in total. The smallest absolute Gasteiger partial charge is 0.121 e. The maximum atomic E-state index is 10.7. The van der Waals surface area contributed by atoms with Crippen LogP contribution in [-0.4, -0.2) is 25.9 Å². The summed E-state index contributed by atoms with van der Waals surface area (Å²) in [5, 5.41) is 13.4. The van der Waals surface area contributed by atoms with Gasteiger partial charge in [-0.15, -0.1) is 6.58 Å². The highest BCUT2D eigenvalue weighted by Crippen LogP contribution is 2.28. The second kappa shape index (κ2) is 10.4. The molecular weight excluding hydrogens is 372 g/mol. The highest BCUT2D eigenvalue weighted by Gasteiger charge is 2.39. The molecule has 0 saturated heterocycles. The van der Waals surface area contributed by atoms with Crippen molar-refractivity contribution in [2.75, 3.05) is 6.61 Å². The van der Waals surface area contributed by atoms with Crippen molar-refractivity contribution in [2.24, 2.45) is 0 Å². The third kappa shape index (κ3) is 5.33. The van der Waals surface area contributed by atoms with Crippen LogP contribution in [0.5, 0.6) is 0 Å². The van der Waals surface area contributed by atoms with E-state index in [1.54, 1.807) is 0 Å². The van der Waals surface area contributed by atoms with E-state index in [-0.39, 0.29) is 5.54 Å². The van der Waals surface area contributed by atoms with Gasteiger partial charge in [0.15, 0.2) is 0 Å². The third-order valence-electron chi connectivity index (χ3n) is 5.72. The topological polar surface area (TPSA) is 29.5 Å². The van der Waals surface area contributed by atoms with E-state index in [1.165, 1.54) is 10.4 Å². The van der Waals surface area contributed by atoms with Crippen molar-refractivity contribution in [3.63, 3.8) is 0 Å². The van der Waals surface area contributed by atoms with Crippen molar-refractivity contribution in [3.8, 4) is 0 Å². The molecule has 3 heteroatoms. The van der Waals surface area contributed by atoms with Crippen LogP contribution in [0.2, 0.25) is 12.1 Å². The Kier molecular flexibility index (Phi) is 7.59. The Balaban J connectivity index is 1.74. The minimum Gasteiger partial charge on any atom is -0.391 e. The van der Waals surface area contributed by atoms with Gasteiger partial charge in [-0.3, -0.25) is 0 Å². The van der Waals surface area contributed by atoms with Crippen molar-refractivity contribution < 1.29 is 9.84 Å². The summed E-state index contributed by atoms with van der Waals surface area (Å²) in [6, 6.07) is 31.4. The lowest BCUT2D eigenvalue weighted by Crippen LogP contribution is -2.59. The first-order valence-electron chi connectivity index (χ1n) is 10.2. The van der Waals surface area contributed by atoms with Gasteiger partial charge < -0.3 is 9.84 Å². The van der Waals surface area contributed by atoms with Crippen LogP contribution in [0.15, 0.2) is 104 Å². The minimum absolute atomic E-state index is 0.197. The molecule has 0 aromatic heterocycles. The summed E-state index contributed by atoms with van der Waals surface area (Å²) in [4.78, 5) is 0. The van der Waals surface area contributed by atoms with Crippen LogP contribution in [0.25, 0.3) is 0 Å². The Bertz CT molecular complexity index is 825. The first-order valence-corrected chi connectivity index (χ1v) is 12.8. The normalized spacial score (nSPS) is 13.6. The maximum Gasteiger partial charge on any atom is 0.121 e. The van der Waals surface area contributed by atoms with Gasteiger partial charge in [-0.05, 0) is 17.5 Å². The van der Waals surface area contributed by atoms with E-state index in [1.807, 2.05) is 36.4 Å². The molecule has 3 rings (SSSR count). The first kappa shape index (κ1) is 21.3. The van der Waals surface area contributed by atoms with Gasteiger partial charge in [0.25, 0.3) is 0 Å². The molecule has 0 radical (unpaired) electrons. The molecule has 3 aromatic rings. The Morgan fingerprint density at radius 1 is 0.862 bits per heavy atom. The van der Waals surface area contributed by atoms with Crippen LogP contribution in [0.1, 0.15) is 12.0 Å². The fourth-order valence-electron chi connectivity index (χ4n) is 3.98. The zero-order valence-electron chi connectivity index (χ0n) is 17.1. The van der Waals surface area contributed by atoms with E-state index < -0.39 is 14.2 Å². The fraction of sp³-hybridized carbons (Fsp3) is 0.231. The van der Waals surface area contributed by atoms with E-state index in [2.05, 4.69) is 73.8 Å². The molecule has 0 aliphatic heterocycles. The van der Waals surface area contributed by atoms with Crippen molar-refractivity contribution in [3.05, 3.63) is 109 Å². The number of hydrogen-bond acceptors (Lipinski definition) is 2. The van der Waals surface area contributed by atoms with Crippen molar-refractivity contribution in [2.45, 2.75) is 31.2 Å². The summed E-state index contributed by atoms with van der Waals surface area (Å²) in [7, 11) is -2.13. The van der Waals surface area contributed by atoms with Gasteiger partial charge in [0.05, 0.1) is 19.3 Å². The molecular formula is C26H30O2Si.